The molecule has 0 aromatic carbocycles. The van der Waals surface area contributed by atoms with E-state index in [0.29, 0.717) is 17.9 Å². The highest BCUT2D eigenvalue weighted by Gasteiger charge is 2.10. The van der Waals surface area contributed by atoms with Gasteiger partial charge in [0.15, 0.2) is 0 Å². The van der Waals surface area contributed by atoms with Gasteiger partial charge in [-0.05, 0) is 24.3 Å². The number of thiophene rings is 1. The summed E-state index contributed by atoms with van der Waals surface area (Å²) in [6.45, 7) is 10.1. The van der Waals surface area contributed by atoms with Gasteiger partial charge in [0.25, 0.3) is 0 Å². The maximum atomic E-state index is 3.58. The van der Waals surface area contributed by atoms with Crippen molar-refractivity contribution in [2.75, 3.05) is 6.54 Å². The number of hydrogen-bond acceptors (Lipinski definition) is 2. The molecule has 0 saturated heterocycles. The lowest BCUT2D eigenvalue weighted by atomic mass is 10.0. The summed E-state index contributed by atoms with van der Waals surface area (Å²) >= 11 is 1.85. The summed E-state index contributed by atoms with van der Waals surface area (Å²) in [5.41, 5.74) is 0. The van der Waals surface area contributed by atoms with E-state index in [9.17, 15) is 0 Å². The molecule has 2 atom stereocenters. The van der Waals surface area contributed by atoms with Gasteiger partial charge in [-0.1, -0.05) is 26.8 Å². The predicted molar refractivity (Wildman–Crippen MR) is 65.0 cm³/mol. The first-order chi connectivity index (χ1) is 6.61. The van der Waals surface area contributed by atoms with Crippen molar-refractivity contribution in [2.24, 2.45) is 5.92 Å². The normalized spacial score (nSPS) is 15.8. The summed E-state index contributed by atoms with van der Waals surface area (Å²) in [5, 5.41) is 5.73. The molecule has 1 nitrogen and oxygen atoms in total. The molecule has 1 aromatic heterocycles. The molecule has 0 bridgehead atoms. The lowest BCUT2D eigenvalue weighted by Gasteiger charge is -2.19. The molecule has 0 aliphatic rings. The van der Waals surface area contributed by atoms with Crippen LogP contribution in [0.1, 0.15) is 38.5 Å². The Morgan fingerprint density at radius 3 is 2.50 bits per heavy atom. The Balaban J connectivity index is 2.32. The third-order valence-corrected chi connectivity index (χ3v) is 3.88. The second kappa shape index (κ2) is 5.52. The molecule has 0 amide bonds. The maximum absolute atomic E-state index is 3.58. The second-order valence-electron chi connectivity index (χ2n) is 4.36. The van der Waals surface area contributed by atoms with E-state index in [1.807, 2.05) is 11.3 Å². The topological polar surface area (TPSA) is 12.0 Å². The number of rotatable bonds is 5. The minimum absolute atomic E-state index is 0.609. The zero-order chi connectivity index (χ0) is 10.6. The largest absolute Gasteiger partial charge is 0.313 e. The fourth-order valence-electron chi connectivity index (χ4n) is 1.27. The van der Waals surface area contributed by atoms with Crippen molar-refractivity contribution in [3.8, 4) is 0 Å². The van der Waals surface area contributed by atoms with Crippen molar-refractivity contribution in [1.29, 1.82) is 0 Å². The van der Waals surface area contributed by atoms with E-state index in [1.54, 1.807) is 0 Å². The molecule has 2 unspecified atom stereocenters. The van der Waals surface area contributed by atoms with Crippen LogP contribution in [0.5, 0.6) is 0 Å². The van der Waals surface area contributed by atoms with Gasteiger partial charge in [0.2, 0.25) is 0 Å². The van der Waals surface area contributed by atoms with Crippen molar-refractivity contribution in [2.45, 2.75) is 39.7 Å². The molecule has 1 aromatic rings. The van der Waals surface area contributed by atoms with Gasteiger partial charge in [0.1, 0.15) is 0 Å². The third kappa shape index (κ3) is 3.43. The molecule has 0 radical (unpaired) electrons. The van der Waals surface area contributed by atoms with Gasteiger partial charge in [-0.25, -0.2) is 0 Å². The summed E-state index contributed by atoms with van der Waals surface area (Å²) in [5.74, 6) is 1.35. The molecule has 1 heterocycles. The van der Waals surface area contributed by atoms with Gasteiger partial charge in [-0.3, -0.25) is 0 Å². The van der Waals surface area contributed by atoms with Crippen LogP contribution in [0, 0.1) is 5.92 Å². The second-order valence-corrected chi connectivity index (χ2v) is 5.34. The SMILES string of the molecule is CC(CNC(C)C(C)C)c1cccs1. The molecule has 0 saturated carbocycles. The van der Waals surface area contributed by atoms with Crippen molar-refractivity contribution in [1.82, 2.24) is 5.32 Å². The highest BCUT2D eigenvalue weighted by atomic mass is 32.1. The van der Waals surface area contributed by atoms with Gasteiger partial charge >= 0.3 is 0 Å². The minimum atomic E-state index is 0.609. The van der Waals surface area contributed by atoms with Gasteiger partial charge in [-0.2, -0.15) is 0 Å². The van der Waals surface area contributed by atoms with Crippen LogP contribution in [0.3, 0.4) is 0 Å². The van der Waals surface area contributed by atoms with Crippen LogP contribution in [-0.4, -0.2) is 12.6 Å². The lowest BCUT2D eigenvalue weighted by molar-refractivity contribution is 0.418. The Kier molecular flexibility index (Phi) is 4.63. The Morgan fingerprint density at radius 2 is 2.00 bits per heavy atom. The zero-order valence-corrected chi connectivity index (χ0v) is 10.4. The molecule has 0 aliphatic carbocycles. The van der Waals surface area contributed by atoms with Gasteiger partial charge in [-0.15, -0.1) is 11.3 Å². The van der Waals surface area contributed by atoms with Crippen molar-refractivity contribution in [3.63, 3.8) is 0 Å². The molecule has 1 N–H and O–H groups in total. The molecule has 1 rings (SSSR count). The standard InChI is InChI=1S/C12H21NS/c1-9(2)11(4)13-8-10(3)12-6-5-7-14-12/h5-7,9-11,13H,8H2,1-4H3. The van der Waals surface area contributed by atoms with Gasteiger partial charge in [0.05, 0.1) is 0 Å². The van der Waals surface area contributed by atoms with Crippen LogP contribution in [-0.2, 0) is 0 Å². The zero-order valence-electron chi connectivity index (χ0n) is 9.58. The average Bonchev–Trinajstić information content (AvgIpc) is 2.66. The van der Waals surface area contributed by atoms with Crippen molar-refractivity contribution < 1.29 is 0 Å². The highest BCUT2D eigenvalue weighted by molar-refractivity contribution is 7.10. The van der Waals surface area contributed by atoms with Gasteiger partial charge in [0, 0.05) is 23.4 Å². The van der Waals surface area contributed by atoms with Crippen LogP contribution in [0.4, 0.5) is 0 Å². The van der Waals surface area contributed by atoms with Gasteiger partial charge < -0.3 is 5.32 Å². The summed E-state index contributed by atoms with van der Waals surface area (Å²) in [6.07, 6.45) is 0. The Hall–Kier alpha value is -0.340. The summed E-state index contributed by atoms with van der Waals surface area (Å²) in [6, 6.07) is 4.96. The number of hydrogen-bond donors (Lipinski definition) is 1. The molecular weight excluding hydrogens is 190 g/mol. The van der Waals surface area contributed by atoms with E-state index in [-0.39, 0.29) is 0 Å². The van der Waals surface area contributed by atoms with E-state index in [4.69, 9.17) is 0 Å². The molecule has 14 heavy (non-hydrogen) atoms. The fourth-order valence-corrected chi connectivity index (χ4v) is 2.06. The first-order valence-corrected chi connectivity index (χ1v) is 6.26. The Bertz CT molecular complexity index is 241. The smallest absolute Gasteiger partial charge is 0.00860 e. The van der Waals surface area contributed by atoms with Crippen LogP contribution in [0.2, 0.25) is 0 Å². The molecule has 2 heteroatoms. The van der Waals surface area contributed by atoms with Crippen LogP contribution < -0.4 is 5.32 Å². The molecule has 0 fully saturated rings. The summed E-state index contributed by atoms with van der Waals surface area (Å²) in [7, 11) is 0. The maximum Gasteiger partial charge on any atom is 0.00860 e. The lowest BCUT2D eigenvalue weighted by Crippen LogP contribution is -2.33. The van der Waals surface area contributed by atoms with Crippen molar-refractivity contribution in [3.05, 3.63) is 22.4 Å². The molecule has 0 spiro atoms. The van der Waals surface area contributed by atoms with Crippen molar-refractivity contribution >= 4 is 11.3 Å². The van der Waals surface area contributed by atoms with E-state index in [2.05, 4.69) is 50.5 Å². The molecule has 0 aliphatic heterocycles. The van der Waals surface area contributed by atoms with E-state index in [1.165, 1.54) is 4.88 Å². The van der Waals surface area contributed by atoms with Crippen LogP contribution >= 0.6 is 11.3 Å². The van der Waals surface area contributed by atoms with E-state index < -0.39 is 0 Å². The van der Waals surface area contributed by atoms with Crippen LogP contribution in [0.15, 0.2) is 17.5 Å². The third-order valence-electron chi connectivity index (χ3n) is 2.77. The highest BCUT2D eigenvalue weighted by Crippen LogP contribution is 2.19. The average molecular weight is 211 g/mol. The fraction of sp³-hybridized carbons (Fsp3) is 0.667. The first-order valence-electron chi connectivity index (χ1n) is 5.38. The monoisotopic (exact) mass is 211 g/mol. The quantitative estimate of drug-likeness (QED) is 0.786. The summed E-state index contributed by atoms with van der Waals surface area (Å²) < 4.78 is 0. The first kappa shape index (κ1) is 11.7. The molecule has 80 valence electrons. The van der Waals surface area contributed by atoms with E-state index in [0.717, 1.165) is 6.54 Å². The number of nitrogens with one attached hydrogen (secondary N) is 1. The predicted octanol–water partition coefficient (Wildman–Crippen LogP) is 3.49. The summed E-state index contributed by atoms with van der Waals surface area (Å²) in [4.78, 5) is 1.48. The molecular formula is C12H21NS. The minimum Gasteiger partial charge on any atom is -0.313 e. The Morgan fingerprint density at radius 1 is 1.29 bits per heavy atom. The van der Waals surface area contributed by atoms with E-state index >= 15 is 0 Å². The Labute approximate surface area is 91.5 Å². The van der Waals surface area contributed by atoms with Crippen LogP contribution in [0.25, 0.3) is 0 Å².